The van der Waals surface area contributed by atoms with Gasteiger partial charge in [0.15, 0.2) is 0 Å². The number of sulfonamides is 1. The van der Waals surface area contributed by atoms with Gasteiger partial charge in [-0.3, -0.25) is 9.52 Å². The van der Waals surface area contributed by atoms with Gasteiger partial charge in [-0.2, -0.15) is 0 Å². The minimum atomic E-state index is -3.31. The van der Waals surface area contributed by atoms with Crippen LogP contribution in [-0.4, -0.2) is 38.7 Å². The van der Waals surface area contributed by atoms with Gasteiger partial charge in [-0.25, -0.2) is 13.4 Å². The lowest BCUT2D eigenvalue weighted by Gasteiger charge is -2.09. The highest BCUT2D eigenvalue weighted by Crippen LogP contribution is 2.14. The van der Waals surface area contributed by atoms with Gasteiger partial charge < -0.3 is 16.4 Å². The first-order chi connectivity index (χ1) is 11.9. The monoisotopic (exact) mass is 363 g/mol. The van der Waals surface area contributed by atoms with Gasteiger partial charge in [0, 0.05) is 25.3 Å². The van der Waals surface area contributed by atoms with Gasteiger partial charge in [-0.05, 0) is 29.8 Å². The van der Waals surface area contributed by atoms with Gasteiger partial charge >= 0.3 is 0 Å². The van der Waals surface area contributed by atoms with Gasteiger partial charge in [0.25, 0.3) is 5.91 Å². The molecule has 25 heavy (non-hydrogen) atoms. The maximum atomic E-state index is 11.7. The molecule has 9 heteroatoms. The molecule has 1 amide bonds. The van der Waals surface area contributed by atoms with E-state index in [2.05, 4.69) is 20.3 Å². The van der Waals surface area contributed by atoms with Crippen LogP contribution in [0.4, 0.5) is 11.4 Å². The van der Waals surface area contributed by atoms with E-state index in [0.29, 0.717) is 31.0 Å². The van der Waals surface area contributed by atoms with E-state index in [0.717, 1.165) is 17.5 Å². The van der Waals surface area contributed by atoms with Gasteiger partial charge in [0.2, 0.25) is 10.0 Å². The summed E-state index contributed by atoms with van der Waals surface area (Å²) < 4.78 is 25.0. The molecule has 134 valence electrons. The third kappa shape index (κ3) is 6.40. The lowest BCUT2D eigenvalue weighted by Crippen LogP contribution is -2.29. The highest BCUT2D eigenvalue weighted by atomic mass is 32.2. The summed E-state index contributed by atoms with van der Waals surface area (Å²) in [6.07, 6.45) is 2.67. The normalized spacial score (nSPS) is 11.0. The number of amides is 1. The Bertz CT molecular complexity index is 822. The molecule has 2 aromatic rings. The summed E-state index contributed by atoms with van der Waals surface area (Å²) >= 11 is 0. The van der Waals surface area contributed by atoms with Gasteiger partial charge in [-0.15, -0.1) is 0 Å². The quantitative estimate of drug-likeness (QED) is 0.548. The lowest BCUT2D eigenvalue weighted by molar-refractivity contribution is 0.0950. The Morgan fingerprint density at radius 1 is 1.20 bits per heavy atom. The number of pyridine rings is 1. The maximum Gasteiger partial charge on any atom is 0.269 e. The first-order valence-electron chi connectivity index (χ1n) is 7.62. The molecule has 1 aromatic carbocycles. The minimum absolute atomic E-state index is 0.267. The molecular formula is C16H21N5O3S. The van der Waals surface area contributed by atoms with Crippen LogP contribution in [0, 0.1) is 0 Å². The van der Waals surface area contributed by atoms with Crippen molar-refractivity contribution in [1.82, 2.24) is 10.3 Å². The molecule has 0 aliphatic rings. The van der Waals surface area contributed by atoms with E-state index in [1.54, 1.807) is 36.5 Å². The summed E-state index contributed by atoms with van der Waals surface area (Å²) in [4.78, 5) is 15.8. The molecule has 0 atom stereocenters. The Kier molecular flexibility index (Phi) is 6.31. The largest absolute Gasteiger partial charge is 0.380 e. The lowest BCUT2D eigenvalue weighted by atomic mass is 10.2. The Balaban J connectivity index is 1.95. The Labute approximate surface area is 146 Å². The molecule has 0 fully saturated rings. The summed E-state index contributed by atoms with van der Waals surface area (Å²) in [5.41, 5.74) is 7.81. The van der Waals surface area contributed by atoms with Crippen LogP contribution in [0.2, 0.25) is 0 Å². The van der Waals surface area contributed by atoms with Crippen molar-refractivity contribution >= 4 is 27.3 Å². The molecule has 0 aliphatic carbocycles. The van der Waals surface area contributed by atoms with Crippen LogP contribution in [0.15, 0.2) is 42.6 Å². The minimum Gasteiger partial charge on any atom is -0.380 e. The summed E-state index contributed by atoms with van der Waals surface area (Å²) in [7, 11) is -3.31. The number of nitrogens with one attached hydrogen (secondary N) is 3. The number of hydrogen-bond acceptors (Lipinski definition) is 6. The molecule has 0 saturated heterocycles. The van der Waals surface area contributed by atoms with Crippen molar-refractivity contribution in [2.24, 2.45) is 5.73 Å². The zero-order valence-corrected chi connectivity index (χ0v) is 14.6. The summed E-state index contributed by atoms with van der Waals surface area (Å²) in [5.74, 6) is -0.267. The zero-order chi connectivity index (χ0) is 18.3. The molecule has 2 rings (SSSR count). The first-order valence-corrected chi connectivity index (χ1v) is 9.51. The third-order valence-corrected chi connectivity index (χ3v) is 3.76. The number of carbonyl (C=O) groups excluding carboxylic acids is 1. The summed E-state index contributed by atoms with van der Waals surface area (Å²) in [6.45, 7) is 1.26. The van der Waals surface area contributed by atoms with Crippen molar-refractivity contribution in [1.29, 1.82) is 0 Å². The number of nitrogens with zero attached hydrogens (tertiary/aromatic N) is 1. The van der Waals surface area contributed by atoms with Crippen molar-refractivity contribution in [2.75, 3.05) is 29.4 Å². The number of rotatable bonds is 8. The number of benzene rings is 1. The molecule has 0 saturated carbocycles. The van der Waals surface area contributed by atoms with E-state index in [4.69, 9.17) is 5.73 Å². The Hall–Kier alpha value is -2.65. The fraction of sp³-hybridized carbons (Fsp3) is 0.250. The molecule has 0 bridgehead atoms. The summed E-state index contributed by atoms with van der Waals surface area (Å²) in [5, 5.41) is 5.82. The van der Waals surface area contributed by atoms with E-state index >= 15 is 0 Å². The highest BCUT2D eigenvalue weighted by Gasteiger charge is 2.06. The van der Waals surface area contributed by atoms with E-state index in [1.165, 1.54) is 0 Å². The SMILES string of the molecule is CS(=O)(=O)Nc1cccc(CNc2ccc(C(=O)NCCN)nc2)c1. The van der Waals surface area contributed by atoms with E-state index in [-0.39, 0.29) is 5.91 Å². The van der Waals surface area contributed by atoms with Crippen molar-refractivity contribution in [3.05, 3.63) is 53.9 Å². The molecule has 1 aromatic heterocycles. The van der Waals surface area contributed by atoms with E-state index in [9.17, 15) is 13.2 Å². The van der Waals surface area contributed by atoms with E-state index in [1.807, 2.05) is 6.07 Å². The Morgan fingerprint density at radius 2 is 2.00 bits per heavy atom. The fourth-order valence-electron chi connectivity index (χ4n) is 2.07. The van der Waals surface area contributed by atoms with Gasteiger partial charge in [0.1, 0.15) is 5.69 Å². The molecule has 5 N–H and O–H groups in total. The second kappa shape index (κ2) is 8.45. The van der Waals surface area contributed by atoms with Crippen LogP contribution in [0.1, 0.15) is 16.1 Å². The topological polar surface area (TPSA) is 126 Å². The molecule has 0 unspecified atom stereocenters. The summed E-state index contributed by atoms with van der Waals surface area (Å²) in [6, 6.07) is 10.5. The highest BCUT2D eigenvalue weighted by molar-refractivity contribution is 7.92. The second-order valence-electron chi connectivity index (χ2n) is 5.40. The van der Waals surface area contributed by atoms with Crippen LogP contribution in [-0.2, 0) is 16.6 Å². The number of nitrogens with two attached hydrogens (primary N) is 1. The van der Waals surface area contributed by atoms with Gasteiger partial charge in [-0.1, -0.05) is 12.1 Å². The first kappa shape index (κ1) is 18.7. The smallest absolute Gasteiger partial charge is 0.269 e. The van der Waals surface area contributed by atoms with Crippen LogP contribution in [0.25, 0.3) is 0 Å². The van der Waals surface area contributed by atoms with Crippen molar-refractivity contribution < 1.29 is 13.2 Å². The van der Waals surface area contributed by atoms with Crippen LogP contribution < -0.4 is 21.1 Å². The van der Waals surface area contributed by atoms with Crippen molar-refractivity contribution in [3.8, 4) is 0 Å². The average Bonchev–Trinajstić information content (AvgIpc) is 2.57. The molecular weight excluding hydrogens is 342 g/mol. The molecule has 0 radical (unpaired) electrons. The van der Waals surface area contributed by atoms with Crippen molar-refractivity contribution in [3.63, 3.8) is 0 Å². The molecule has 0 spiro atoms. The fourth-order valence-corrected chi connectivity index (χ4v) is 2.63. The average molecular weight is 363 g/mol. The van der Waals surface area contributed by atoms with E-state index < -0.39 is 10.0 Å². The maximum absolute atomic E-state index is 11.7. The number of carbonyl (C=O) groups is 1. The van der Waals surface area contributed by atoms with Crippen LogP contribution >= 0.6 is 0 Å². The van der Waals surface area contributed by atoms with Crippen LogP contribution in [0.3, 0.4) is 0 Å². The third-order valence-electron chi connectivity index (χ3n) is 3.15. The predicted octanol–water partition coefficient (Wildman–Crippen LogP) is 0.754. The van der Waals surface area contributed by atoms with Gasteiger partial charge in [0.05, 0.1) is 18.1 Å². The number of anilines is 2. The zero-order valence-electron chi connectivity index (χ0n) is 13.8. The molecule has 1 heterocycles. The molecule has 8 nitrogen and oxygen atoms in total. The predicted molar refractivity (Wildman–Crippen MR) is 97.9 cm³/mol. The standard InChI is InChI=1S/C16H21N5O3S/c1-25(23,24)21-13-4-2-3-12(9-13)10-19-14-5-6-15(20-11-14)16(22)18-8-7-17/h2-6,9,11,19,21H,7-8,10,17H2,1H3,(H,18,22). The second-order valence-corrected chi connectivity index (χ2v) is 7.15. The van der Waals surface area contributed by atoms with Crippen LogP contribution in [0.5, 0.6) is 0 Å². The number of hydrogen-bond donors (Lipinski definition) is 4. The Morgan fingerprint density at radius 3 is 2.64 bits per heavy atom. The number of aromatic nitrogens is 1. The van der Waals surface area contributed by atoms with Crippen molar-refractivity contribution in [2.45, 2.75) is 6.54 Å². The molecule has 0 aliphatic heterocycles.